The first-order valence-corrected chi connectivity index (χ1v) is 7.64. The van der Waals surface area contributed by atoms with Gasteiger partial charge in [0.05, 0.1) is 15.6 Å². The highest BCUT2D eigenvalue weighted by Gasteiger charge is 2.12. The fourth-order valence-electron chi connectivity index (χ4n) is 1.89. The molecule has 0 fully saturated rings. The van der Waals surface area contributed by atoms with Crippen molar-refractivity contribution in [1.82, 2.24) is 0 Å². The van der Waals surface area contributed by atoms with Crippen molar-refractivity contribution in [3.05, 3.63) is 73.2 Å². The molecule has 2 aromatic rings. The van der Waals surface area contributed by atoms with Crippen LogP contribution in [0.5, 0.6) is 11.5 Å². The van der Waals surface area contributed by atoms with Gasteiger partial charge in [-0.25, -0.2) is 4.39 Å². The minimum Gasteiger partial charge on any atom is -0.493 e. The van der Waals surface area contributed by atoms with Crippen LogP contribution in [0.3, 0.4) is 0 Å². The lowest BCUT2D eigenvalue weighted by molar-refractivity contribution is -0.400. The Labute approximate surface area is 146 Å². The van der Waals surface area contributed by atoms with E-state index >= 15 is 0 Å². The molecular weight excluding hydrogens is 416 g/mol. The molecule has 0 saturated heterocycles. The third-order valence-corrected chi connectivity index (χ3v) is 3.77. The molecule has 0 aliphatic heterocycles. The molecule has 0 aliphatic carbocycles. The van der Waals surface area contributed by atoms with Crippen molar-refractivity contribution < 1.29 is 18.8 Å². The zero-order valence-corrected chi connectivity index (χ0v) is 14.3. The first kappa shape index (κ1) is 17.2. The van der Waals surface area contributed by atoms with E-state index in [0.29, 0.717) is 26.2 Å². The molecule has 0 saturated carbocycles. The van der Waals surface area contributed by atoms with E-state index in [4.69, 9.17) is 9.47 Å². The van der Waals surface area contributed by atoms with E-state index in [-0.39, 0.29) is 12.4 Å². The van der Waals surface area contributed by atoms with Crippen LogP contribution in [0.1, 0.15) is 11.1 Å². The smallest absolute Gasteiger partial charge is 0.235 e. The number of ether oxygens (including phenoxy) is 2. The van der Waals surface area contributed by atoms with E-state index in [9.17, 15) is 14.5 Å². The molecule has 23 heavy (non-hydrogen) atoms. The molecule has 0 atom stereocenters. The van der Waals surface area contributed by atoms with E-state index in [1.54, 1.807) is 30.3 Å². The predicted octanol–water partition coefficient (Wildman–Crippen LogP) is 4.27. The summed E-state index contributed by atoms with van der Waals surface area (Å²) in [5.41, 5.74) is 1.05. The monoisotopic (exact) mass is 429 g/mol. The average Bonchev–Trinajstić information content (AvgIpc) is 2.52. The number of nitrogens with zero attached hydrogens (tertiary/aromatic N) is 1. The molecule has 0 radical (unpaired) electrons. The van der Waals surface area contributed by atoms with Crippen LogP contribution in [0.15, 0.2) is 42.6 Å². The second-order valence-corrected chi connectivity index (χ2v) is 5.68. The van der Waals surface area contributed by atoms with E-state index in [1.165, 1.54) is 19.3 Å². The number of benzene rings is 2. The van der Waals surface area contributed by atoms with Crippen LogP contribution in [0.25, 0.3) is 6.08 Å². The van der Waals surface area contributed by atoms with Gasteiger partial charge in [0, 0.05) is 11.6 Å². The molecule has 0 heterocycles. The second-order valence-electron chi connectivity index (χ2n) is 4.52. The van der Waals surface area contributed by atoms with Gasteiger partial charge in [-0.15, -0.1) is 0 Å². The first-order chi connectivity index (χ1) is 11.0. The van der Waals surface area contributed by atoms with Crippen molar-refractivity contribution in [3.8, 4) is 11.5 Å². The quantitative estimate of drug-likeness (QED) is 0.391. The highest BCUT2D eigenvalue weighted by Crippen LogP contribution is 2.35. The predicted molar refractivity (Wildman–Crippen MR) is 92.5 cm³/mol. The SMILES string of the molecule is COc1cc(/C=C/[N+](=O)[O-])cc(I)c1OCc1ccccc1F. The Bertz CT molecular complexity index is 749. The number of hydrogen-bond donors (Lipinski definition) is 0. The van der Waals surface area contributed by atoms with Crippen LogP contribution >= 0.6 is 22.6 Å². The molecular formula is C16H13FINO4. The maximum atomic E-state index is 13.6. The summed E-state index contributed by atoms with van der Waals surface area (Å²) in [4.78, 5) is 9.86. The zero-order chi connectivity index (χ0) is 16.8. The molecule has 0 amide bonds. The van der Waals surface area contributed by atoms with Crippen molar-refractivity contribution in [2.75, 3.05) is 7.11 Å². The summed E-state index contributed by atoms with van der Waals surface area (Å²) in [6, 6.07) is 9.70. The van der Waals surface area contributed by atoms with E-state index in [1.807, 2.05) is 22.6 Å². The van der Waals surface area contributed by atoms with Crippen LogP contribution in [0.2, 0.25) is 0 Å². The van der Waals surface area contributed by atoms with Gasteiger partial charge in [-0.05, 0) is 46.4 Å². The Morgan fingerprint density at radius 2 is 2.09 bits per heavy atom. The summed E-state index contributed by atoms with van der Waals surface area (Å²) in [7, 11) is 1.47. The van der Waals surface area contributed by atoms with Gasteiger partial charge < -0.3 is 9.47 Å². The summed E-state index contributed by atoms with van der Waals surface area (Å²) < 4.78 is 25.3. The molecule has 0 aromatic heterocycles. The van der Waals surface area contributed by atoms with Crippen LogP contribution in [-0.4, -0.2) is 12.0 Å². The topological polar surface area (TPSA) is 61.6 Å². The average molecular weight is 429 g/mol. The zero-order valence-electron chi connectivity index (χ0n) is 12.2. The van der Waals surface area contributed by atoms with E-state index in [2.05, 4.69) is 0 Å². The Morgan fingerprint density at radius 1 is 1.35 bits per heavy atom. The van der Waals surface area contributed by atoms with Gasteiger partial charge >= 0.3 is 0 Å². The lowest BCUT2D eigenvalue weighted by atomic mass is 10.2. The third-order valence-electron chi connectivity index (χ3n) is 2.97. The number of methoxy groups -OCH3 is 1. The summed E-state index contributed by atoms with van der Waals surface area (Å²) in [6.07, 6.45) is 2.22. The Balaban J connectivity index is 2.24. The fraction of sp³-hybridized carbons (Fsp3) is 0.125. The van der Waals surface area contributed by atoms with Crippen LogP contribution in [0.4, 0.5) is 4.39 Å². The minimum absolute atomic E-state index is 0.0586. The fourth-order valence-corrected chi connectivity index (χ4v) is 2.67. The van der Waals surface area contributed by atoms with E-state index < -0.39 is 4.92 Å². The molecule has 7 heteroatoms. The molecule has 5 nitrogen and oxygen atoms in total. The Hall–Kier alpha value is -2.16. The highest BCUT2D eigenvalue weighted by molar-refractivity contribution is 14.1. The van der Waals surface area contributed by atoms with Crippen molar-refractivity contribution >= 4 is 28.7 Å². The number of hydrogen-bond acceptors (Lipinski definition) is 4. The maximum Gasteiger partial charge on any atom is 0.235 e. The van der Waals surface area contributed by atoms with Gasteiger partial charge in [0.25, 0.3) is 0 Å². The molecule has 120 valence electrons. The normalized spacial score (nSPS) is 10.7. The molecule has 0 N–H and O–H groups in total. The standard InChI is InChI=1S/C16H13FINO4/c1-22-15-9-11(6-7-19(20)21)8-14(18)16(15)23-10-12-4-2-3-5-13(12)17/h2-9H,10H2,1H3/b7-6+. The lowest BCUT2D eigenvalue weighted by Gasteiger charge is -2.13. The second kappa shape index (κ2) is 7.91. The van der Waals surface area contributed by atoms with Gasteiger partial charge in [-0.1, -0.05) is 18.2 Å². The number of halogens is 2. The molecule has 0 bridgehead atoms. The van der Waals surface area contributed by atoms with Crippen LogP contribution < -0.4 is 9.47 Å². The van der Waals surface area contributed by atoms with Crippen LogP contribution in [0, 0.1) is 19.5 Å². The van der Waals surface area contributed by atoms with Crippen LogP contribution in [-0.2, 0) is 6.61 Å². The van der Waals surface area contributed by atoms with E-state index in [0.717, 1.165) is 6.20 Å². The highest BCUT2D eigenvalue weighted by atomic mass is 127. The van der Waals surface area contributed by atoms with Gasteiger partial charge in [0.1, 0.15) is 12.4 Å². The first-order valence-electron chi connectivity index (χ1n) is 6.56. The summed E-state index contributed by atoms with van der Waals surface area (Å²) in [5, 5.41) is 10.4. The van der Waals surface area contributed by atoms with Crippen molar-refractivity contribution in [2.24, 2.45) is 0 Å². The third kappa shape index (κ3) is 4.65. The summed E-state index contributed by atoms with van der Waals surface area (Å²) >= 11 is 2.04. The molecule has 2 rings (SSSR count). The van der Waals surface area contributed by atoms with Gasteiger partial charge in [0.2, 0.25) is 6.20 Å². The summed E-state index contributed by atoms with van der Waals surface area (Å²) in [5.74, 6) is 0.554. The molecule has 0 unspecified atom stereocenters. The van der Waals surface area contributed by atoms with Crippen molar-refractivity contribution in [3.63, 3.8) is 0 Å². The minimum atomic E-state index is -0.540. The largest absolute Gasteiger partial charge is 0.493 e. The Morgan fingerprint density at radius 3 is 2.74 bits per heavy atom. The Kier molecular flexibility index (Phi) is 5.91. The number of nitro groups is 1. The molecule has 2 aromatic carbocycles. The van der Waals surface area contributed by atoms with Gasteiger partial charge in [0.15, 0.2) is 11.5 Å². The number of rotatable bonds is 6. The molecule has 0 aliphatic rings. The molecule has 0 spiro atoms. The maximum absolute atomic E-state index is 13.6. The van der Waals surface area contributed by atoms with Gasteiger partial charge in [-0.2, -0.15) is 0 Å². The van der Waals surface area contributed by atoms with Crippen molar-refractivity contribution in [1.29, 1.82) is 0 Å². The summed E-state index contributed by atoms with van der Waals surface area (Å²) in [6.45, 7) is 0.0586. The van der Waals surface area contributed by atoms with Gasteiger partial charge in [-0.3, -0.25) is 10.1 Å². The van der Waals surface area contributed by atoms with Crippen molar-refractivity contribution in [2.45, 2.75) is 6.61 Å². The lowest BCUT2D eigenvalue weighted by Crippen LogP contribution is -2.02.